The van der Waals surface area contributed by atoms with Crippen LogP contribution in [-0.4, -0.2) is 45.3 Å². The Morgan fingerprint density at radius 3 is 2.41 bits per heavy atom. The topological polar surface area (TPSA) is 58.4 Å². The Labute approximate surface area is 178 Å². The van der Waals surface area contributed by atoms with Crippen LogP contribution in [0.5, 0.6) is 0 Å². The number of alkyl halides is 3. The van der Waals surface area contributed by atoms with Crippen LogP contribution in [0.3, 0.4) is 0 Å². The molecule has 1 unspecified atom stereocenters. The fraction of sp³-hybridized carbons (Fsp3) is 0.450. The molecule has 2 atom stereocenters. The number of fused-ring (bicyclic) bond motifs is 1. The molecule has 0 N–H and O–H groups in total. The molecule has 0 aliphatic carbocycles. The molecule has 0 spiro atoms. The predicted molar refractivity (Wildman–Crippen MR) is 98.8 cm³/mol. The lowest BCUT2D eigenvalue weighted by molar-refractivity contribution is -0.169. The van der Waals surface area contributed by atoms with Crippen LogP contribution in [0.15, 0.2) is 18.3 Å². The van der Waals surface area contributed by atoms with Crippen molar-refractivity contribution in [2.45, 2.75) is 45.1 Å². The average molecular weight is 460 g/mol. The molecular formula is C20H18F6N4O2. The van der Waals surface area contributed by atoms with Crippen LogP contribution < -0.4 is 4.90 Å². The van der Waals surface area contributed by atoms with Crippen molar-refractivity contribution in [2.24, 2.45) is 5.92 Å². The molecule has 172 valence electrons. The third kappa shape index (κ3) is 3.93. The lowest BCUT2D eigenvalue weighted by Crippen LogP contribution is -2.46. The number of halogens is 6. The summed E-state index contributed by atoms with van der Waals surface area (Å²) in [6.07, 6.45) is -4.26. The van der Waals surface area contributed by atoms with E-state index in [-0.39, 0.29) is 30.4 Å². The van der Waals surface area contributed by atoms with E-state index in [1.807, 2.05) is 0 Å². The van der Waals surface area contributed by atoms with E-state index in [1.54, 1.807) is 6.92 Å². The number of nitrogens with zero attached hydrogens (tertiary/aromatic N) is 4. The van der Waals surface area contributed by atoms with Gasteiger partial charge in [-0.15, -0.1) is 0 Å². The Bertz CT molecular complexity index is 1060. The van der Waals surface area contributed by atoms with Crippen molar-refractivity contribution in [2.75, 3.05) is 11.4 Å². The zero-order valence-corrected chi connectivity index (χ0v) is 16.8. The van der Waals surface area contributed by atoms with Gasteiger partial charge in [-0.25, -0.2) is 13.2 Å². The quantitative estimate of drug-likeness (QED) is 0.522. The van der Waals surface area contributed by atoms with E-state index in [1.165, 1.54) is 15.8 Å². The first-order chi connectivity index (χ1) is 15.0. The summed E-state index contributed by atoms with van der Waals surface area (Å²) in [4.78, 5) is 27.5. The van der Waals surface area contributed by atoms with Crippen molar-refractivity contribution in [3.63, 3.8) is 0 Å². The zero-order valence-electron chi connectivity index (χ0n) is 16.8. The first-order valence-electron chi connectivity index (χ1n) is 9.80. The molecule has 4 rings (SSSR count). The third-order valence-electron chi connectivity index (χ3n) is 5.81. The van der Waals surface area contributed by atoms with Crippen LogP contribution in [0.25, 0.3) is 0 Å². The van der Waals surface area contributed by atoms with E-state index < -0.39 is 60.7 Å². The molecule has 0 saturated carbocycles. The summed E-state index contributed by atoms with van der Waals surface area (Å²) in [5.41, 5.74) is 0.537. The summed E-state index contributed by atoms with van der Waals surface area (Å²) in [5.74, 6) is -7.43. The number of amides is 2. The molecule has 0 bridgehead atoms. The minimum atomic E-state index is -4.51. The second-order valence-electron chi connectivity index (χ2n) is 8.03. The summed E-state index contributed by atoms with van der Waals surface area (Å²) in [6, 6.07) is 1.09. The summed E-state index contributed by atoms with van der Waals surface area (Å²) in [7, 11) is 0. The maximum absolute atomic E-state index is 13.5. The van der Waals surface area contributed by atoms with Crippen molar-refractivity contribution in [3.05, 3.63) is 47.0 Å². The van der Waals surface area contributed by atoms with Crippen LogP contribution in [0.2, 0.25) is 0 Å². The molecule has 12 heteroatoms. The molecule has 1 aromatic heterocycles. The number of benzene rings is 1. The van der Waals surface area contributed by atoms with E-state index in [0.29, 0.717) is 5.69 Å². The van der Waals surface area contributed by atoms with Gasteiger partial charge in [0.1, 0.15) is 0 Å². The van der Waals surface area contributed by atoms with E-state index in [0.717, 1.165) is 17.0 Å². The lowest BCUT2D eigenvalue weighted by atomic mass is 10.1. The fourth-order valence-electron chi connectivity index (χ4n) is 4.09. The van der Waals surface area contributed by atoms with Gasteiger partial charge in [-0.05, 0) is 24.6 Å². The number of hydrogen-bond acceptors (Lipinski definition) is 3. The van der Waals surface area contributed by atoms with Crippen molar-refractivity contribution >= 4 is 17.5 Å². The molecule has 1 saturated heterocycles. The normalized spacial score (nSPS) is 21.3. The number of carbonyl (C=O) groups excluding carboxylic acids is 2. The van der Waals surface area contributed by atoms with Crippen molar-refractivity contribution in [1.82, 2.24) is 14.7 Å². The number of carbonyl (C=O) groups is 2. The minimum Gasteiger partial charge on any atom is -0.332 e. The van der Waals surface area contributed by atoms with Gasteiger partial charge in [-0.3, -0.25) is 14.3 Å². The Hall–Kier alpha value is -3.05. The van der Waals surface area contributed by atoms with E-state index in [2.05, 4.69) is 5.10 Å². The molecule has 2 amide bonds. The fourth-order valence-corrected chi connectivity index (χ4v) is 4.09. The standard InChI is InChI=1S/C20H18F6N4O2/c1-10-7-30-16(15(6-27-30)29-8-12(5-18(29)32)20(24,25)26)9-28(10)17(31)4-11-2-13(21)19(23)14(22)3-11/h2-3,6,10,12H,4-5,7-9H2,1H3/t10-,12?/m0/s1. The maximum Gasteiger partial charge on any atom is 0.394 e. The maximum atomic E-state index is 13.5. The molecule has 0 radical (unpaired) electrons. The number of aromatic nitrogens is 2. The molecule has 2 aliphatic heterocycles. The van der Waals surface area contributed by atoms with Gasteiger partial charge in [-0.2, -0.15) is 18.3 Å². The van der Waals surface area contributed by atoms with Crippen LogP contribution in [0.1, 0.15) is 24.6 Å². The highest BCUT2D eigenvalue weighted by atomic mass is 19.4. The zero-order chi connectivity index (χ0) is 23.4. The molecule has 6 nitrogen and oxygen atoms in total. The first-order valence-corrected chi connectivity index (χ1v) is 9.80. The molecule has 3 heterocycles. The Morgan fingerprint density at radius 1 is 1.16 bits per heavy atom. The lowest BCUT2D eigenvalue weighted by Gasteiger charge is -2.35. The molecule has 1 aromatic carbocycles. The van der Waals surface area contributed by atoms with Crippen LogP contribution in [-0.2, 0) is 29.1 Å². The van der Waals surface area contributed by atoms with Gasteiger partial charge in [0, 0.05) is 19.0 Å². The second-order valence-corrected chi connectivity index (χ2v) is 8.03. The molecule has 32 heavy (non-hydrogen) atoms. The second kappa shape index (κ2) is 7.82. The van der Waals surface area contributed by atoms with Crippen LogP contribution >= 0.6 is 0 Å². The van der Waals surface area contributed by atoms with Crippen LogP contribution in [0, 0.1) is 23.4 Å². The SMILES string of the molecule is C[C@H]1Cn2ncc(N3CC(C(F)(F)F)CC3=O)c2CN1C(=O)Cc1cc(F)c(F)c(F)c1. The van der Waals surface area contributed by atoms with E-state index in [9.17, 15) is 35.9 Å². The molecule has 1 fully saturated rings. The largest absolute Gasteiger partial charge is 0.394 e. The van der Waals surface area contributed by atoms with Gasteiger partial charge < -0.3 is 9.80 Å². The molecule has 2 aliphatic rings. The predicted octanol–water partition coefficient (Wildman–Crippen LogP) is 3.19. The number of anilines is 1. The Balaban J connectivity index is 1.55. The third-order valence-corrected chi connectivity index (χ3v) is 5.81. The minimum absolute atomic E-state index is 0.0536. The van der Waals surface area contributed by atoms with Crippen molar-refractivity contribution in [3.8, 4) is 0 Å². The Kier molecular flexibility index (Phi) is 5.41. The summed E-state index contributed by atoms with van der Waals surface area (Å²) in [6.45, 7) is 1.35. The van der Waals surface area contributed by atoms with E-state index in [4.69, 9.17) is 0 Å². The molecular weight excluding hydrogens is 442 g/mol. The Morgan fingerprint density at radius 2 is 1.81 bits per heavy atom. The van der Waals surface area contributed by atoms with Crippen molar-refractivity contribution < 1.29 is 35.9 Å². The van der Waals surface area contributed by atoms with Gasteiger partial charge in [0.05, 0.1) is 43.0 Å². The molecule has 2 aromatic rings. The monoisotopic (exact) mass is 460 g/mol. The van der Waals surface area contributed by atoms with Gasteiger partial charge >= 0.3 is 6.18 Å². The smallest absolute Gasteiger partial charge is 0.332 e. The van der Waals surface area contributed by atoms with Gasteiger partial charge in [0.2, 0.25) is 11.8 Å². The number of hydrogen-bond donors (Lipinski definition) is 0. The van der Waals surface area contributed by atoms with Crippen LogP contribution in [0.4, 0.5) is 32.0 Å². The van der Waals surface area contributed by atoms with Crippen molar-refractivity contribution in [1.29, 1.82) is 0 Å². The summed E-state index contributed by atoms with van der Waals surface area (Å²) >= 11 is 0. The average Bonchev–Trinajstić information content (AvgIpc) is 3.27. The summed E-state index contributed by atoms with van der Waals surface area (Å²) < 4.78 is 80.8. The highest BCUT2D eigenvalue weighted by Gasteiger charge is 2.48. The van der Waals surface area contributed by atoms with E-state index >= 15 is 0 Å². The number of rotatable bonds is 3. The van der Waals surface area contributed by atoms with Gasteiger partial charge in [-0.1, -0.05) is 0 Å². The van der Waals surface area contributed by atoms with Gasteiger partial charge in [0.15, 0.2) is 17.5 Å². The highest BCUT2D eigenvalue weighted by molar-refractivity contribution is 5.96. The first kappa shape index (κ1) is 22.2. The highest BCUT2D eigenvalue weighted by Crippen LogP contribution is 2.38. The summed E-state index contributed by atoms with van der Waals surface area (Å²) in [5, 5.41) is 4.15. The van der Waals surface area contributed by atoms with Gasteiger partial charge in [0.25, 0.3) is 0 Å².